The van der Waals surface area contributed by atoms with E-state index in [9.17, 15) is 4.79 Å². The lowest BCUT2D eigenvalue weighted by Gasteiger charge is -2.58. The van der Waals surface area contributed by atoms with Crippen LogP contribution in [0.3, 0.4) is 0 Å². The van der Waals surface area contributed by atoms with Crippen molar-refractivity contribution < 1.29 is 4.79 Å². The van der Waals surface area contributed by atoms with Gasteiger partial charge in [0.15, 0.2) is 11.6 Å². The molecule has 2 aliphatic carbocycles. The van der Waals surface area contributed by atoms with Crippen LogP contribution in [0.25, 0.3) is 0 Å². The van der Waals surface area contributed by atoms with Crippen LogP contribution >= 0.6 is 0 Å². The third kappa shape index (κ3) is 2.28. The number of nitrogens with zero attached hydrogens (tertiary/aromatic N) is 3. The summed E-state index contributed by atoms with van der Waals surface area (Å²) in [7, 11) is 0. The number of fused-ring (bicyclic) bond motifs is 2. The molecule has 0 amide bonds. The number of hydrogen-bond donors (Lipinski definition) is 1. The van der Waals surface area contributed by atoms with Gasteiger partial charge in [0, 0.05) is 42.4 Å². The van der Waals surface area contributed by atoms with E-state index in [4.69, 9.17) is 0 Å². The average molecular weight is 340 g/mol. The zero-order valence-electron chi connectivity index (χ0n) is 15.4. The van der Waals surface area contributed by atoms with Crippen LogP contribution in [0.4, 0.5) is 0 Å². The number of likely N-dealkylation sites (tertiary alicyclic amines) is 1. The topological polar surface area (TPSA) is 57.1 Å². The maximum absolute atomic E-state index is 13.1. The molecule has 0 aromatic rings. The molecule has 5 rings (SSSR count). The van der Waals surface area contributed by atoms with Gasteiger partial charge in [-0.15, -0.1) is 5.11 Å². The maximum atomic E-state index is 13.1. The summed E-state index contributed by atoms with van der Waals surface area (Å²) in [5.41, 5.74) is 3.40. The fraction of sp³-hybridized carbons (Fsp3) is 0.750. The molecule has 134 valence electrons. The Labute approximate surface area is 149 Å². The molecular formula is C20H28N4O. The number of allylic oxidation sites excluding steroid dienone is 1. The average Bonchev–Trinajstić information content (AvgIpc) is 2.98. The van der Waals surface area contributed by atoms with E-state index in [-0.39, 0.29) is 10.8 Å². The van der Waals surface area contributed by atoms with E-state index in [2.05, 4.69) is 34.3 Å². The van der Waals surface area contributed by atoms with Gasteiger partial charge in [-0.2, -0.15) is 5.11 Å². The van der Waals surface area contributed by atoms with E-state index < -0.39 is 0 Å². The highest BCUT2D eigenvalue weighted by molar-refractivity contribution is 6.00. The van der Waals surface area contributed by atoms with Crippen LogP contribution in [0, 0.1) is 10.8 Å². The van der Waals surface area contributed by atoms with Crippen LogP contribution in [0.1, 0.15) is 58.8 Å². The molecule has 3 aliphatic heterocycles. The van der Waals surface area contributed by atoms with Crippen molar-refractivity contribution >= 4 is 5.78 Å². The smallest absolute Gasteiger partial charge is 0.162 e. The van der Waals surface area contributed by atoms with Crippen LogP contribution in [-0.2, 0) is 4.79 Å². The van der Waals surface area contributed by atoms with Crippen molar-refractivity contribution in [3.05, 3.63) is 22.7 Å². The highest BCUT2D eigenvalue weighted by atomic mass is 16.1. The van der Waals surface area contributed by atoms with Crippen molar-refractivity contribution in [1.82, 2.24) is 10.2 Å². The molecule has 0 unspecified atom stereocenters. The summed E-state index contributed by atoms with van der Waals surface area (Å²) in [5, 5.41) is 12.1. The van der Waals surface area contributed by atoms with Crippen LogP contribution in [0.5, 0.6) is 0 Å². The Balaban J connectivity index is 1.49. The number of rotatable bonds is 1. The molecule has 0 bridgehead atoms. The Bertz CT molecular complexity index is 718. The molecule has 1 N–H and O–H groups in total. The first-order valence-corrected chi connectivity index (χ1v) is 9.88. The second kappa shape index (κ2) is 5.26. The molecule has 3 heterocycles. The number of ketones is 1. The van der Waals surface area contributed by atoms with Crippen LogP contribution < -0.4 is 5.32 Å². The van der Waals surface area contributed by atoms with E-state index >= 15 is 0 Å². The molecule has 2 fully saturated rings. The predicted octanol–water partition coefficient (Wildman–Crippen LogP) is 3.54. The zero-order valence-corrected chi connectivity index (χ0v) is 15.4. The molecule has 5 heteroatoms. The minimum absolute atomic E-state index is 0.0325. The number of dihydropyridines is 1. The van der Waals surface area contributed by atoms with Gasteiger partial charge in [-0.3, -0.25) is 9.69 Å². The molecule has 0 atom stereocenters. The van der Waals surface area contributed by atoms with Crippen molar-refractivity contribution in [2.45, 2.75) is 64.8 Å². The summed E-state index contributed by atoms with van der Waals surface area (Å²) in [6, 6.07) is 0.716. The third-order valence-electron chi connectivity index (χ3n) is 6.92. The number of carbonyl (C=O) groups excluding carboxylic acids is 1. The summed E-state index contributed by atoms with van der Waals surface area (Å²) in [6.07, 6.45) is 8.34. The Morgan fingerprint density at radius 2 is 1.88 bits per heavy atom. The van der Waals surface area contributed by atoms with Crippen molar-refractivity contribution in [1.29, 1.82) is 0 Å². The van der Waals surface area contributed by atoms with Gasteiger partial charge in [0.1, 0.15) is 0 Å². The third-order valence-corrected chi connectivity index (χ3v) is 6.92. The summed E-state index contributed by atoms with van der Waals surface area (Å²) in [5.74, 6) is 1.29. The van der Waals surface area contributed by atoms with Gasteiger partial charge in [0.2, 0.25) is 0 Å². The quantitative estimate of drug-likeness (QED) is 0.794. The Morgan fingerprint density at radius 3 is 2.64 bits per heavy atom. The molecule has 0 aromatic carbocycles. The Morgan fingerprint density at radius 1 is 1.12 bits per heavy atom. The minimum atomic E-state index is -0.107. The summed E-state index contributed by atoms with van der Waals surface area (Å²) in [6.45, 7) is 7.03. The number of azo groups is 1. The van der Waals surface area contributed by atoms with Crippen molar-refractivity contribution in [2.24, 2.45) is 21.1 Å². The number of carbonyl (C=O) groups is 1. The van der Waals surface area contributed by atoms with Gasteiger partial charge in [0.25, 0.3) is 0 Å². The Hall–Kier alpha value is -1.49. The molecule has 1 saturated carbocycles. The lowest BCUT2D eigenvalue weighted by molar-refractivity contribution is -0.121. The van der Waals surface area contributed by atoms with E-state index in [0.29, 0.717) is 24.8 Å². The second-order valence-electron chi connectivity index (χ2n) is 9.43. The zero-order chi connectivity index (χ0) is 17.2. The van der Waals surface area contributed by atoms with Gasteiger partial charge >= 0.3 is 0 Å². The monoisotopic (exact) mass is 340 g/mol. The summed E-state index contributed by atoms with van der Waals surface area (Å²) >= 11 is 0. The van der Waals surface area contributed by atoms with Crippen molar-refractivity contribution in [2.75, 3.05) is 19.6 Å². The van der Waals surface area contributed by atoms with Gasteiger partial charge in [-0.1, -0.05) is 33.1 Å². The minimum Gasteiger partial charge on any atom is -0.342 e. The first kappa shape index (κ1) is 15.7. The largest absolute Gasteiger partial charge is 0.342 e. The van der Waals surface area contributed by atoms with Crippen LogP contribution in [-0.4, -0.2) is 36.4 Å². The molecule has 25 heavy (non-hydrogen) atoms. The van der Waals surface area contributed by atoms with Crippen LogP contribution in [0.15, 0.2) is 32.9 Å². The standard InChI is InChI=1S/C20H28N4O/c1-19(2)8-15-17(16(25)9-19)20(14-10-21-23-18(14)22-15)11-24(12-20)13-6-4-3-5-7-13/h13,22H,3-12H2,1-2H3. The Kier molecular flexibility index (Phi) is 3.31. The highest BCUT2D eigenvalue weighted by Gasteiger charge is 2.58. The first-order chi connectivity index (χ1) is 12.0. The molecule has 5 aliphatic rings. The van der Waals surface area contributed by atoms with Crippen LogP contribution in [0.2, 0.25) is 0 Å². The van der Waals surface area contributed by atoms with E-state index in [1.54, 1.807) is 0 Å². The number of hydrogen-bond acceptors (Lipinski definition) is 5. The van der Waals surface area contributed by atoms with Crippen molar-refractivity contribution in [3.63, 3.8) is 0 Å². The molecule has 0 aromatic heterocycles. The lowest BCUT2D eigenvalue weighted by Crippen LogP contribution is -2.65. The molecule has 5 nitrogen and oxygen atoms in total. The molecule has 1 saturated heterocycles. The van der Waals surface area contributed by atoms with Gasteiger partial charge in [0.05, 0.1) is 12.0 Å². The van der Waals surface area contributed by atoms with Gasteiger partial charge < -0.3 is 5.32 Å². The van der Waals surface area contributed by atoms with Gasteiger partial charge in [-0.25, -0.2) is 0 Å². The number of nitrogens with one attached hydrogen (secondary N) is 1. The highest BCUT2D eigenvalue weighted by Crippen LogP contribution is 2.55. The van der Waals surface area contributed by atoms with E-state index in [0.717, 1.165) is 36.6 Å². The molecule has 1 spiro atoms. The van der Waals surface area contributed by atoms with Crippen molar-refractivity contribution in [3.8, 4) is 0 Å². The normalized spacial score (nSPS) is 31.0. The predicted molar refractivity (Wildman–Crippen MR) is 95.8 cm³/mol. The first-order valence-electron chi connectivity index (χ1n) is 9.88. The maximum Gasteiger partial charge on any atom is 0.162 e. The molecular weight excluding hydrogens is 312 g/mol. The van der Waals surface area contributed by atoms with E-state index in [1.807, 2.05) is 0 Å². The summed E-state index contributed by atoms with van der Waals surface area (Å²) in [4.78, 5) is 15.8. The fourth-order valence-corrected chi connectivity index (χ4v) is 5.77. The van der Waals surface area contributed by atoms with E-state index in [1.165, 1.54) is 37.7 Å². The number of Topliss-reactive ketones (excluding diaryl/α,β-unsaturated/α-hetero) is 1. The van der Waals surface area contributed by atoms with Gasteiger partial charge in [-0.05, 0) is 24.7 Å². The SMILES string of the molecule is CC1(C)CC(=O)C2=C(C1)NC1=C(CN=N1)C21CN(C2CCCCC2)C1. The lowest BCUT2D eigenvalue weighted by atomic mass is 9.59. The second-order valence-corrected chi connectivity index (χ2v) is 9.43. The summed E-state index contributed by atoms with van der Waals surface area (Å²) < 4.78 is 0. The fourth-order valence-electron chi connectivity index (χ4n) is 5.77. The molecule has 0 radical (unpaired) electrons.